The number of hydrogen-bond donors (Lipinski definition) is 1. The molecular weight excluding hydrogens is 286 g/mol. The zero-order valence-corrected chi connectivity index (χ0v) is 13.6. The second-order valence-corrected chi connectivity index (χ2v) is 7.53. The summed E-state index contributed by atoms with van der Waals surface area (Å²) in [5.41, 5.74) is 6.58. The number of benzene rings is 1. The summed E-state index contributed by atoms with van der Waals surface area (Å²) in [6, 6.07) is 7.39. The van der Waals surface area contributed by atoms with E-state index in [0.717, 1.165) is 24.9 Å². The van der Waals surface area contributed by atoms with Gasteiger partial charge in [0.2, 0.25) is 10.0 Å². The van der Waals surface area contributed by atoms with Gasteiger partial charge in [-0.3, -0.25) is 0 Å². The molecule has 118 valence electrons. The Morgan fingerprint density at radius 1 is 1.24 bits per heavy atom. The molecular formula is C15H25N3O2S. The van der Waals surface area contributed by atoms with E-state index in [2.05, 4.69) is 18.9 Å². The molecule has 1 fully saturated rings. The van der Waals surface area contributed by atoms with E-state index in [1.54, 1.807) is 16.4 Å². The quantitative estimate of drug-likeness (QED) is 0.877. The monoisotopic (exact) mass is 311 g/mol. The Bertz CT molecular complexity index is 557. The van der Waals surface area contributed by atoms with Crippen LogP contribution in [0.4, 0.5) is 0 Å². The van der Waals surface area contributed by atoms with Crippen molar-refractivity contribution in [3.63, 3.8) is 0 Å². The molecule has 0 aromatic heterocycles. The Labute approximate surface area is 127 Å². The number of nitrogens with zero attached hydrogens (tertiary/aromatic N) is 2. The Hall–Kier alpha value is -0.950. The fraction of sp³-hybridized carbons (Fsp3) is 0.600. The van der Waals surface area contributed by atoms with Crippen LogP contribution in [0.5, 0.6) is 0 Å². The van der Waals surface area contributed by atoms with E-state index in [-0.39, 0.29) is 0 Å². The molecule has 0 bridgehead atoms. The molecule has 1 aromatic carbocycles. The maximum absolute atomic E-state index is 12.7. The SMILES string of the molecule is CCC1CN(S(=O)(=O)c2ccc(CCN)cc2)CCN1C. The lowest BCUT2D eigenvalue weighted by Gasteiger charge is -2.38. The molecule has 0 spiro atoms. The van der Waals surface area contributed by atoms with Gasteiger partial charge in [0.25, 0.3) is 0 Å². The maximum atomic E-state index is 12.7. The summed E-state index contributed by atoms with van der Waals surface area (Å²) in [5, 5.41) is 0. The number of rotatable bonds is 5. The highest BCUT2D eigenvalue weighted by Crippen LogP contribution is 2.21. The molecule has 2 rings (SSSR count). The molecule has 0 saturated carbocycles. The Kier molecular flexibility index (Phi) is 5.37. The van der Waals surface area contributed by atoms with Crippen molar-refractivity contribution in [1.82, 2.24) is 9.21 Å². The van der Waals surface area contributed by atoms with E-state index < -0.39 is 10.0 Å². The zero-order chi connectivity index (χ0) is 15.5. The number of likely N-dealkylation sites (N-methyl/N-ethyl adjacent to an activating group) is 1. The predicted octanol–water partition coefficient (Wildman–Crippen LogP) is 0.903. The molecule has 1 saturated heterocycles. The fourth-order valence-corrected chi connectivity index (χ4v) is 4.19. The van der Waals surface area contributed by atoms with Gasteiger partial charge in [-0.2, -0.15) is 4.31 Å². The topological polar surface area (TPSA) is 66.6 Å². The number of hydrogen-bond acceptors (Lipinski definition) is 4. The van der Waals surface area contributed by atoms with E-state index >= 15 is 0 Å². The largest absolute Gasteiger partial charge is 0.330 e. The van der Waals surface area contributed by atoms with Crippen molar-refractivity contribution < 1.29 is 8.42 Å². The van der Waals surface area contributed by atoms with Gasteiger partial charge in [0.1, 0.15) is 0 Å². The average Bonchev–Trinajstić information content (AvgIpc) is 2.48. The Balaban J connectivity index is 2.17. The van der Waals surface area contributed by atoms with Crippen LogP contribution in [-0.2, 0) is 16.4 Å². The predicted molar refractivity (Wildman–Crippen MR) is 84.7 cm³/mol. The van der Waals surface area contributed by atoms with Gasteiger partial charge >= 0.3 is 0 Å². The van der Waals surface area contributed by atoms with Gasteiger partial charge in [-0.05, 0) is 44.1 Å². The van der Waals surface area contributed by atoms with Crippen LogP contribution in [-0.4, -0.2) is 56.9 Å². The van der Waals surface area contributed by atoms with Gasteiger partial charge in [-0.1, -0.05) is 19.1 Å². The molecule has 1 heterocycles. The summed E-state index contributed by atoms with van der Waals surface area (Å²) in [7, 11) is -1.33. The number of piperazine rings is 1. The van der Waals surface area contributed by atoms with Gasteiger partial charge in [-0.15, -0.1) is 0 Å². The standard InChI is InChI=1S/C15H25N3O2S/c1-3-14-12-18(11-10-17(14)2)21(19,20)15-6-4-13(5-7-15)8-9-16/h4-7,14H,3,8-12,16H2,1-2H3. The molecule has 0 amide bonds. The summed E-state index contributed by atoms with van der Waals surface area (Å²) in [4.78, 5) is 2.61. The lowest BCUT2D eigenvalue weighted by atomic mass is 10.1. The lowest BCUT2D eigenvalue weighted by molar-refractivity contribution is 0.144. The maximum Gasteiger partial charge on any atom is 0.243 e. The van der Waals surface area contributed by atoms with E-state index in [4.69, 9.17) is 5.73 Å². The summed E-state index contributed by atoms with van der Waals surface area (Å²) >= 11 is 0. The van der Waals surface area contributed by atoms with Crippen LogP contribution in [0.1, 0.15) is 18.9 Å². The van der Waals surface area contributed by atoms with Crippen molar-refractivity contribution in [1.29, 1.82) is 0 Å². The van der Waals surface area contributed by atoms with Crippen molar-refractivity contribution in [2.24, 2.45) is 5.73 Å². The highest BCUT2D eigenvalue weighted by Gasteiger charge is 2.31. The normalized spacial score (nSPS) is 21.6. The van der Waals surface area contributed by atoms with Crippen molar-refractivity contribution in [2.45, 2.75) is 30.7 Å². The minimum absolute atomic E-state index is 0.296. The highest BCUT2D eigenvalue weighted by molar-refractivity contribution is 7.89. The molecule has 1 unspecified atom stereocenters. The van der Waals surface area contributed by atoms with E-state index in [9.17, 15) is 8.42 Å². The first kappa shape index (κ1) is 16.4. The van der Waals surface area contributed by atoms with Crippen LogP contribution >= 0.6 is 0 Å². The first-order chi connectivity index (χ1) is 9.98. The molecule has 0 aliphatic carbocycles. The van der Waals surface area contributed by atoms with Gasteiger partial charge in [-0.25, -0.2) is 8.42 Å². The third-order valence-electron chi connectivity index (χ3n) is 4.21. The molecule has 5 nitrogen and oxygen atoms in total. The molecule has 1 aliphatic rings. The van der Waals surface area contributed by atoms with E-state index in [1.165, 1.54) is 0 Å². The van der Waals surface area contributed by atoms with Crippen molar-refractivity contribution in [3.8, 4) is 0 Å². The Morgan fingerprint density at radius 3 is 2.48 bits per heavy atom. The second kappa shape index (κ2) is 6.87. The number of nitrogens with two attached hydrogens (primary N) is 1. The van der Waals surface area contributed by atoms with Gasteiger partial charge in [0, 0.05) is 25.7 Å². The van der Waals surface area contributed by atoms with Crippen molar-refractivity contribution in [3.05, 3.63) is 29.8 Å². The first-order valence-corrected chi connectivity index (χ1v) is 8.92. The average molecular weight is 311 g/mol. The molecule has 1 aliphatic heterocycles. The summed E-state index contributed by atoms with van der Waals surface area (Å²) < 4.78 is 27.0. The zero-order valence-electron chi connectivity index (χ0n) is 12.8. The van der Waals surface area contributed by atoms with Crippen LogP contribution < -0.4 is 5.73 Å². The minimum atomic E-state index is -3.38. The molecule has 6 heteroatoms. The smallest absolute Gasteiger partial charge is 0.243 e. The molecule has 1 aromatic rings. The van der Waals surface area contributed by atoms with E-state index in [1.807, 2.05) is 12.1 Å². The van der Waals surface area contributed by atoms with Crippen LogP contribution in [0.2, 0.25) is 0 Å². The van der Waals surface area contributed by atoms with Gasteiger partial charge in [0.15, 0.2) is 0 Å². The third kappa shape index (κ3) is 3.63. The van der Waals surface area contributed by atoms with Crippen LogP contribution in [0, 0.1) is 0 Å². The van der Waals surface area contributed by atoms with Crippen LogP contribution in [0.3, 0.4) is 0 Å². The summed E-state index contributed by atoms with van der Waals surface area (Å²) in [5.74, 6) is 0. The van der Waals surface area contributed by atoms with E-state index in [0.29, 0.717) is 30.6 Å². The summed E-state index contributed by atoms with van der Waals surface area (Å²) in [6.07, 6.45) is 1.73. The number of sulfonamides is 1. The fourth-order valence-electron chi connectivity index (χ4n) is 2.72. The summed E-state index contributed by atoms with van der Waals surface area (Å²) in [6.45, 7) is 4.57. The first-order valence-electron chi connectivity index (χ1n) is 7.48. The highest BCUT2D eigenvalue weighted by atomic mass is 32.2. The second-order valence-electron chi connectivity index (χ2n) is 5.59. The van der Waals surface area contributed by atoms with Gasteiger partial charge in [0.05, 0.1) is 4.90 Å². The Morgan fingerprint density at radius 2 is 1.90 bits per heavy atom. The molecule has 0 radical (unpaired) electrons. The molecule has 1 atom stereocenters. The lowest BCUT2D eigenvalue weighted by Crippen LogP contribution is -2.52. The van der Waals surface area contributed by atoms with Crippen LogP contribution in [0.25, 0.3) is 0 Å². The van der Waals surface area contributed by atoms with Crippen LogP contribution in [0.15, 0.2) is 29.2 Å². The molecule has 2 N–H and O–H groups in total. The van der Waals surface area contributed by atoms with Gasteiger partial charge < -0.3 is 10.6 Å². The third-order valence-corrected chi connectivity index (χ3v) is 6.08. The minimum Gasteiger partial charge on any atom is -0.330 e. The molecule has 21 heavy (non-hydrogen) atoms. The van der Waals surface area contributed by atoms with Crippen molar-refractivity contribution >= 4 is 10.0 Å². The van der Waals surface area contributed by atoms with Crippen molar-refractivity contribution in [2.75, 3.05) is 33.2 Å².